The van der Waals surface area contributed by atoms with Gasteiger partial charge >= 0.3 is 41.5 Å². The van der Waals surface area contributed by atoms with Gasteiger partial charge in [-0.25, -0.2) is 0 Å². The van der Waals surface area contributed by atoms with Crippen molar-refractivity contribution in [1.29, 1.82) is 0 Å². The topological polar surface area (TPSA) is 42.3 Å². The molecule has 0 radical (unpaired) electrons. The number of hydrogen-bond acceptors (Lipinski definition) is 0. The monoisotopic (exact) mass is 405 g/mol. The van der Waals surface area contributed by atoms with Crippen molar-refractivity contribution in [1.82, 2.24) is 0 Å². The Balaban J connectivity index is 0.000000271. The van der Waals surface area contributed by atoms with E-state index in [0.29, 0.717) is 0 Å². The van der Waals surface area contributed by atoms with Crippen LogP contribution < -0.4 is 0 Å². The second-order valence-corrected chi connectivity index (χ2v) is 11.1. The van der Waals surface area contributed by atoms with Crippen molar-refractivity contribution in [2.45, 2.75) is 38.5 Å². The summed E-state index contributed by atoms with van der Waals surface area (Å²) in [4.78, 5) is 0. The normalized spacial score (nSPS) is 19.5. The molecule has 0 aliphatic carbocycles. The fourth-order valence-electron chi connectivity index (χ4n) is 1.84. The second kappa shape index (κ2) is 19.6. The summed E-state index contributed by atoms with van der Waals surface area (Å²) in [6.07, 6.45) is 15.9. The van der Waals surface area contributed by atoms with Gasteiger partial charge in [-0.05, 0) is 0 Å². The minimum atomic E-state index is -1.62. The molecular weight excluding hydrogens is 381 g/mol. The summed E-state index contributed by atoms with van der Waals surface area (Å²) < 4.78 is 0. The first-order chi connectivity index (χ1) is 10.7. The van der Waals surface area contributed by atoms with Gasteiger partial charge in [-0.2, -0.15) is 6.20 Å². The van der Waals surface area contributed by atoms with E-state index in [9.17, 15) is 0 Å². The Morgan fingerprint density at radius 2 is 1.14 bits per heavy atom. The maximum atomic E-state index is 4.93. The third-order valence-corrected chi connectivity index (χ3v) is 2.91. The van der Waals surface area contributed by atoms with Gasteiger partial charge in [0.25, 0.3) is 0 Å². The Bertz CT molecular complexity index is 219. The third kappa shape index (κ3) is 22.9. The summed E-state index contributed by atoms with van der Waals surface area (Å²) in [5.74, 6) is 0. The predicted octanol–water partition coefficient (Wildman–Crippen LogP) is 6.60. The van der Waals surface area contributed by atoms with Crippen LogP contribution in [0.2, 0.25) is 0 Å². The molecule has 0 unspecified atom stereocenters. The van der Waals surface area contributed by atoms with Crippen molar-refractivity contribution in [3.05, 3.63) is 40.4 Å². The summed E-state index contributed by atoms with van der Waals surface area (Å²) in [6, 6.07) is 0. The third-order valence-electron chi connectivity index (χ3n) is 2.91. The van der Waals surface area contributed by atoms with Crippen molar-refractivity contribution >= 4 is 30.1 Å². The number of rotatable bonds is 0. The van der Waals surface area contributed by atoms with Gasteiger partial charge in [-0.3, -0.25) is 0 Å². The molecule has 0 N–H and O–H groups in total. The Morgan fingerprint density at radius 3 is 1.23 bits per heavy atom. The zero-order valence-corrected chi connectivity index (χ0v) is 16.5. The van der Waals surface area contributed by atoms with Gasteiger partial charge in [0.15, 0.2) is 0 Å². The molecule has 2 fully saturated rings. The Hall–Kier alpha value is 0.602. The molecule has 3 heterocycles. The van der Waals surface area contributed by atoms with Gasteiger partial charge in [0.2, 0.25) is 0 Å². The van der Waals surface area contributed by atoms with Crippen LogP contribution in [-0.4, -0.2) is 32.7 Å². The first-order valence-electron chi connectivity index (χ1n) is 7.71. The quantitative estimate of drug-likeness (QED) is 0.435. The Morgan fingerprint density at radius 1 is 0.682 bits per heavy atom. The Kier molecular flexibility index (Phi) is 20.2. The van der Waals surface area contributed by atoms with Crippen LogP contribution in [0.15, 0.2) is 24.4 Å². The molecule has 0 bridgehead atoms. The molecule has 0 amide bonds. The minimum absolute atomic E-state index is 0.858. The molecule has 0 spiro atoms. The van der Waals surface area contributed by atoms with Gasteiger partial charge in [0.1, 0.15) is 0 Å². The molecule has 2 saturated heterocycles. The van der Waals surface area contributed by atoms with Crippen molar-refractivity contribution in [3.63, 3.8) is 0 Å². The maximum absolute atomic E-state index is 4.93. The molecule has 22 heavy (non-hydrogen) atoms. The van der Waals surface area contributed by atoms with Gasteiger partial charge in [-0.1, -0.05) is 50.7 Å². The Labute approximate surface area is 152 Å². The van der Waals surface area contributed by atoms with Gasteiger partial charge in [0, 0.05) is 0 Å². The van der Waals surface area contributed by atoms with E-state index in [1.807, 2.05) is 18.2 Å². The van der Waals surface area contributed by atoms with Gasteiger partial charge in [-0.15, -0.1) is 38.8 Å². The van der Waals surface area contributed by atoms with E-state index in [1.54, 1.807) is 6.20 Å². The molecule has 3 rings (SSSR count). The van der Waals surface area contributed by atoms with Crippen LogP contribution in [0.4, 0.5) is 0 Å². The van der Waals surface area contributed by atoms with Crippen LogP contribution in [0.3, 0.4) is 0 Å². The number of hydrogen-bond donors (Lipinski definition) is 0. The van der Waals surface area contributed by atoms with Crippen LogP contribution in [0, 0.1) is 0 Å². The number of halogens is 3. The second-order valence-electron chi connectivity index (χ2n) is 4.77. The van der Waals surface area contributed by atoms with E-state index in [2.05, 4.69) is 16.0 Å². The van der Waals surface area contributed by atoms with Crippen LogP contribution >= 0.6 is 30.1 Å². The van der Waals surface area contributed by atoms with E-state index in [4.69, 9.17) is 30.1 Å². The molecule has 0 aromatic carbocycles. The fourth-order valence-corrected chi connectivity index (χ4v) is 1.84. The average molecular weight is 407 g/mol. The molecule has 3 aliphatic heterocycles. The van der Waals surface area contributed by atoms with Crippen LogP contribution in [0.25, 0.3) is 16.0 Å². The summed E-state index contributed by atoms with van der Waals surface area (Å²) in [7, 11) is 14.8. The van der Waals surface area contributed by atoms with Crippen LogP contribution in [0.5, 0.6) is 0 Å². The van der Waals surface area contributed by atoms with Gasteiger partial charge in [0.05, 0.1) is 0 Å². The zero-order chi connectivity index (χ0) is 16.3. The first kappa shape index (κ1) is 22.6. The fraction of sp³-hybridized carbons (Fsp3) is 0.733. The van der Waals surface area contributed by atoms with E-state index < -0.39 is 11.4 Å². The van der Waals surface area contributed by atoms with Crippen molar-refractivity contribution in [3.8, 4) is 0 Å². The van der Waals surface area contributed by atoms with Crippen molar-refractivity contribution < 1.29 is 11.4 Å². The molecule has 3 nitrogen and oxygen atoms in total. The summed E-state index contributed by atoms with van der Waals surface area (Å²) in [5, 5.41) is 12.3. The molecular formula is C15H26Cl3CrN3-3. The van der Waals surface area contributed by atoms with E-state index in [0.717, 1.165) is 32.7 Å². The summed E-state index contributed by atoms with van der Waals surface area (Å²) in [5.41, 5.74) is 0. The number of piperidine rings is 2. The molecule has 0 atom stereocenters. The molecule has 0 saturated carbocycles. The van der Waals surface area contributed by atoms with E-state index in [1.165, 1.54) is 38.5 Å². The molecule has 0 aromatic rings. The average Bonchev–Trinajstić information content (AvgIpc) is 2.60. The summed E-state index contributed by atoms with van der Waals surface area (Å²) in [6.45, 7) is 5.36. The number of allylic oxidation sites excluding steroid dienone is 2. The van der Waals surface area contributed by atoms with E-state index >= 15 is 0 Å². The van der Waals surface area contributed by atoms with Gasteiger partial charge < -0.3 is 16.0 Å². The standard InChI is InChI=1S/2C5H10N.C5H6N.3ClH.Cr/c3*1-2-4-6-5-3-1;;;;/h2*1-5H2;1-4H,5H2;3*1H;/q3*-1;;;;+3/p-3. The number of nitrogens with zero attached hydrogens (tertiary/aromatic N) is 3. The zero-order valence-electron chi connectivity index (χ0n) is 13.0. The molecule has 131 valence electrons. The summed E-state index contributed by atoms with van der Waals surface area (Å²) >= 11 is -1.62. The van der Waals surface area contributed by atoms with Crippen LogP contribution in [0.1, 0.15) is 38.5 Å². The molecule has 7 heteroatoms. The molecule has 0 aromatic heterocycles. The first-order valence-corrected chi connectivity index (χ1v) is 13.0. The SMILES string of the molecule is C1=CC[N-]C=C1.C1CC[N-]CC1.C1CC[N-]CC1.[Cl][Cr]([Cl])[Cl]. The molecule has 3 aliphatic rings. The van der Waals surface area contributed by atoms with Crippen LogP contribution in [-0.2, 0) is 11.4 Å². The van der Waals surface area contributed by atoms with Crippen molar-refractivity contribution in [2.75, 3.05) is 32.7 Å². The van der Waals surface area contributed by atoms with Crippen molar-refractivity contribution in [2.24, 2.45) is 0 Å². The predicted molar refractivity (Wildman–Crippen MR) is 98.0 cm³/mol. The van der Waals surface area contributed by atoms with E-state index in [-0.39, 0.29) is 0 Å².